The Bertz CT molecular complexity index is 645. The third-order valence-corrected chi connectivity index (χ3v) is 6.76. The summed E-state index contributed by atoms with van der Waals surface area (Å²) in [6.07, 6.45) is 5.29. The molecule has 0 saturated carbocycles. The quantitative estimate of drug-likeness (QED) is 0.663. The molecule has 29 heavy (non-hydrogen) atoms. The smallest absolute Gasteiger partial charge is 0.225 e. The molecule has 1 amide bonds. The van der Waals surface area contributed by atoms with Gasteiger partial charge >= 0.3 is 0 Å². The van der Waals surface area contributed by atoms with Crippen LogP contribution in [0.5, 0.6) is 0 Å². The van der Waals surface area contributed by atoms with E-state index in [1.807, 2.05) is 6.07 Å². The highest BCUT2D eigenvalue weighted by atomic mass is 19.1. The summed E-state index contributed by atoms with van der Waals surface area (Å²) in [5, 5.41) is 0. The normalized spacial score (nSPS) is 22.0. The van der Waals surface area contributed by atoms with Crippen molar-refractivity contribution in [2.24, 2.45) is 11.8 Å². The zero-order valence-corrected chi connectivity index (χ0v) is 18.3. The first-order valence-electron chi connectivity index (χ1n) is 11.6. The fourth-order valence-electron chi connectivity index (χ4n) is 4.92. The number of rotatable bonds is 8. The Labute approximate surface area is 176 Å². The fraction of sp³-hybridized carbons (Fsp3) is 0.708. The van der Waals surface area contributed by atoms with Crippen LogP contribution in [-0.2, 0) is 11.2 Å². The second kappa shape index (κ2) is 11.1. The van der Waals surface area contributed by atoms with Gasteiger partial charge in [0.05, 0.1) is 0 Å². The number of nitrogens with zero attached hydrogens (tertiary/aromatic N) is 3. The van der Waals surface area contributed by atoms with Gasteiger partial charge in [-0.25, -0.2) is 4.39 Å². The van der Waals surface area contributed by atoms with E-state index < -0.39 is 0 Å². The maximum atomic E-state index is 13.4. The van der Waals surface area contributed by atoms with Crippen molar-refractivity contribution in [1.29, 1.82) is 0 Å². The van der Waals surface area contributed by atoms with Crippen LogP contribution >= 0.6 is 0 Å². The summed E-state index contributed by atoms with van der Waals surface area (Å²) in [5.41, 5.74) is 1.07. The van der Waals surface area contributed by atoms with Gasteiger partial charge in [0.1, 0.15) is 5.82 Å². The van der Waals surface area contributed by atoms with Gasteiger partial charge in [0.15, 0.2) is 0 Å². The minimum absolute atomic E-state index is 0.152. The molecule has 2 saturated heterocycles. The Kier molecular flexibility index (Phi) is 8.49. The van der Waals surface area contributed by atoms with Crippen LogP contribution in [-0.4, -0.2) is 73.0 Å². The van der Waals surface area contributed by atoms with Gasteiger partial charge in [0, 0.05) is 32.1 Å². The molecule has 0 aromatic heterocycles. The number of halogens is 1. The summed E-state index contributed by atoms with van der Waals surface area (Å²) in [6.45, 7) is 12.3. The molecule has 1 atom stereocenters. The lowest BCUT2D eigenvalue weighted by atomic mass is 9.93. The van der Waals surface area contributed by atoms with Gasteiger partial charge in [-0.15, -0.1) is 0 Å². The second-order valence-electron chi connectivity index (χ2n) is 8.77. The van der Waals surface area contributed by atoms with E-state index in [0.717, 1.165) is 77.2 Å². The van der Waals surface area contributed by atoms with Crippen molar-refractivity contribution in [2.75, 3.05) is 52.4 Å². The predicted molar refractivity (Wildman–Crippen MR) is 116 cm³/mol. The van der Waals surface area contributed by atoms with Crippen LogP contribution in [0, 0.1) is 17.7 Å². The number of piperidine rings is 2. The fourth-order valence-corrected chi connectivity index (χ4v) is 4.92. The lowest BCUT2D eigenvalue weighted by Gasteiger charge is -2.37. The van der Waals surface area contributed by atoms with E-state index in [-0.39, 0.29) is 11.7 Å². The maximum absolute atomic E-state index is 13.4. The molecule has 162 valence electrons. The summed E-state index contributed by atoms with van der Waals surface area (Å²) < 4.78 is 13.4. The first-order valence-corrected chi connectivity index (χ1v) is 11.6. The monoisotopic (exact) mass is 403 g/mol. The summed E-state index contributed by atoms with van der Waals surface area (Å²) in [7, 11) is 0. The first-order chi connectivity index (χ1) is 14.1. The molecule has 5 heteroatoms. The van der Waals surface area contributed by atoms with Crippen molar-refractivity contribution in [2.45, 2.75) is 46.0 Å². The Morgan fingerprint density at radius 2 is 1.93 bits per heavy atom. The standard InChI is InChI=1S/C24H38FN3O/c1-3-26-15-11-22(12-16-26)24(29)28(4-2)19-21-8-6-13-27(18-21)14-10-20-7-5-9-23(25)17-20/h5,7,9,17,21-22H,3-4,6,8,10-16,18-19H2,1-2H3/t21-/m0/s1. The number of amides is 1. The molecular formula is C24H38FN3O. The van der Waals surface area contributed by atoms with Crippen LogP contribution in [0.15, 0.2) is 24.3 Å². The highest BCUT2D eigenvalue weighted by molar-refractivity contribution is 5.79. The highest BCUT2D eigenvalue weighted by Gasteiger charge is 2.30. The minimum Gasteiger partial charge on any atom is -0.342 e. The lowest BCUT2D eigenvalue weighted by molar-refractivity contribution is -0.137. The first kappa shape index (κ1) is 22.2. The lowest BCUT2D eigenvalue weighted by Crippen LogP contribution is -2.46. The number of likely N-dealkylation sites (tertiary alicyclic amines) is 2. The summed E-state index contributed by atoms with van der Waals surface area (Å²) >= 11 is 0. The van der Waals surface area contributed by atoms with Gasteiger partial charge in [-0.1, -0.05) is 19.1 Å². The second-order valence-corrected chi connectivity index (χ2v) is 8.77. The van der Waals surface area contributed by atoms with Crippen LogP contribution in [0.4, 0.5) is 4.39 Å². The number of hydrogen-bond donors (Lipinski definition) is 0. The molecule has 2 aliphatic heterocycles. The average Bonchev–Trinajstić information content (AvgIpc) is 2.76. The summed E-state index contributed by atoms with van der Waals surface area (Å²) in [4.78, 5) is 20.1. The SMILES string of the molecule is CCN1CCC(C(=O)N(CC)C[C@H]2CCCN(CCc3cccc(F)c3)C2)CC1. The van der Waals surface area contributed by atoms with Crippen molar-refractivity contribution >= 4 is 5.91 Å². The third-order valence-electron chi connectivity index (χ3n) is 6.76. The van der Waals surface area contributed by atoms with E-state index in [4.69, 9.17) is 0 Å². The Morgan fingerprint density at radius 1 is 1.14 bits per heavy atom. The van der Waals surface area contributed by atoms with Crippen molar-refractivity contribution in [3.05, 3.63) is 35.6 Å². The maximum Gasteiger partial charge on any atom is 0.225 e. The number of hydrogen-bond acceptors (Lipinski definition) is 3. The molecule has 4 nitrogen and oxygen atoms in total. The Morgan fingerprint density at radius 3 is 2.62 bits per heavy atom. The molecule has 0 N–H and O–H groups in total. The van der Waals surface area contributed by atoms with Crippen LogP contribution in [0.3, 0.4) is 0 Å². The van der Waals surface area contributed by atoms with Gasteiger partial charge < -0.3 is 14.7 Å². The predicted octanol–water partition coefficient (Wildman–Crippen LogP) is 3.66. The minimum atomic E-state index is -0.152. The molecule has 2 aliphatic rings. The van der Waals surface area contributed by atoms with Crippen molar-refractivity contribution in [1.82, 2.24) is 14.7 Å². The molecular weight excluding hydrogens is 365 g/mol. The zero-order valence-electron chi connectivity index (χ0n) is 18.3. The molecule has 0 bridgehead atoms. The molecule has 2 heterocycles. The third kappa shape index (κ3) is 6.51. The molecule has 0 spiro atoms. The van der Waals surface area contributed by atoms with Crippen molar-refractivity contribution in [3.8, 4) is 0 Å². The van der Waals surface area contributed by atoms with Gasteiger partial charge in [0.25, 0.3) is 0 Å². The van der Waals surface area contributed by atoms with Crippen molar-refractivity contribution < 1.29 is 9.18 Å². The van der Waals surface area contributed by atoms with Gasteiger partial charge in [-0.2, -0.15) is 0 Å². The van der Waals surface area contributed by atoms with Gasteiger partial charge in [0.2, 0.25) is 5.91 Å². The molecule has 2 fully saturated rings. The van der Waals surface area contributed by atoms with E-state index in [9.17, 15) is 9.18 Å². The van der Waals surface area contributed by atoms with Crippen LogP contribution < -0.4 is 0 Å². The van der Waals surface area contributed by atoms with Crippen molar-refractivity contribution in [3.63, 3.8) is 0 Å². The van der Waals surface area contributed by atoms with Crippen LogP contribution in [0.1, 0.15) is 45.1 Å². The molecule has 0 unspecified atom stereocenters. The number of benzene rings is 1. The topological polar surface area (TPSA) is 26.8 Å². The van der Waals surface area contributed by atoms with Crippen LogP contribution in [0.25, 0.3) is 0 Å². The Hall–Kier alpha value is -1.46. The number of carbonyl (C=O) groups is 1. The number of carbonyl (C=O) groups excluding carboxylic acids is 1. The summed E-state index contributed by atoms with van der Waals surface area (Å²) in [6, 6.07) is 6.94. The molecule has 1 aromatic carbocycles. The van der Waals surface area contributed by atoms with Gasteiger partial charge in [-0.3, -0.25) is 4.79 Å². The van der Waals surface area contributed by atoms with E-state index in [2.05, 4.69) is 28.5 Å². The summed E-state index contributed by atoms with van der Waals surface area (Å²) in [5.74, 6) is 0.988. The largest absolute Gasteiger partial charge is 0.342 e. The average molecular weight is 404 g/mol. The van der Waals surface area contributed by atoms with E-state index in [1.54, 1.807) is 12.1 Å². The Balaban J connectivity index is 1.47. The van der Waals surface area contributed by atoms with Crippen LogP contribution in [0.2, 0.25) is 0 Å². The van der Waals surface area contributed by atoms with E-state index in [0.29, 0.717) is 11.8 Å². The van der Waals surface area contributed by atoms with E-state index >= 15 is 0 Å². The van der Waals surface area contributed by atoms with Gasteiger partial charge in [-0.05, 0) is 88.8 Å². The van der Waals surface area contributed by atoms with E-state index in [1.165, 1.54) is 18.9 Å². The molecule has 3 rings (SSSR count). The zero-order chi connectivity index (χ0) is 20.6. The highest BCUT2D eigenvalue weighted by Crippen LogP contribution is 2.23. The molecule has 0 aliphatic carbocycles. The molecule has 0 radical (unpaired) electrons. The molecule has 1 aromatic rings.